The van der Waals surface area contributed by atoms with Crippen LogP contribution in [0.25, 0.3) is 5.76 Å². The van der Waals surface area contributed by atoms with Crippen LogP contribution < -0.4 is 4.74 Å². The lowest BCUT2D eigenvalue weighted by molar-refractivity contribution is -0.140. The third-order valence-electron chi connectivity index (χ3n) is 7.18. The van der Waals surface area contributed by atoms with E-state index in [1.807, 2.05) is 38.1 Å². The van der Waals surface area contributed by atoms with Gasteiger partial charge in [-0.25, -0.2) is 0 Å². The van der Waals surface area contributed by atoms with Crippen molar-refractivity contribution in [2.24, 2.45) is 0 Å². The SMILES string of the molecule is CCOc1ccc(C(O)=C2C(=O)C(=O)N(CCCN3CCOCC3)[C@H]2c2ccc(C(C)C)cc2)cc1C. The van der Waals surface area contributed by atoms with E-state index in [2.05, 4.69) is 18.7 Å². The van der Waals surface area contributed by atoms with Crippen molar-refractivity contribution in [1.29, 1.82) is 0 Å². The highest BCUT2D eigenvalue weighted by Crippen LogP contribution is 2.40. The molecule has 1 atom stereocenters. The van der Waals surface area contributed by atoms with Crippen molar-refractivity contribution in [3.8, 4) is 5.75 Å². The Labute approximate surface area is 219 Å². The first kappa shape index (κ1) is 26.9. The number of amides is 1. The molecule has 0 saturated carbocycles. The molecule has 0 radical (unpaired) electrons. The van der Waals surface area contributed by atoms with Crippen molar-refractivity contribution in [2.45, 2.75) is 46.1 Å². The van der Waals surface area contributed by atoms with Crippen molar-refractivity contribution in [2.75, 3.05) is 46.0 Å². The predicted octanol–water partition coefficient (Wildman–Crippen LogP) is 4.66. The zero-order valence-electron chi connectivity index (χ0n) is 22.3. The number of nitrogens with zero attached hydrogens (tertiary/aromatic N) is 2. The van der Waals surface area contributed by atoms with Gasteiger partial charge in [-0.3, -0.25) is 14.5 Å². The number of benzene rings is 2. The quantitative estimate of drug-likeness (QED) is 0.303. The first-order valence-electron chi connectivity index (χ1n) is 13.2. The van der Waals surface area contributed by atoms with E-state index in [1.54, 1.807) is 23.1 Å². The Morgan fingerprint density at radius 2 is 1.78 bits per heavy atom. The van der Waals surface area contributed by atoms with E-state index < -0.39 is 17.7 Å². The summed E-state index contributed by atoms with van der Waals surface area (Å²) in [6, 6.07) is 12.7. The second-order valence-corrected chi connectivity index (χ2v) is 10.0. The number of ether oxygens (including phenoxy) is 2. The summed E-state index contributed by atoms with van der Waals surface area (Å²) in [5.74, 6) is -0.278. The summed E-state index contributed by atoms with van der Waals surface area (Å²) in [6.45, 7) is 13.0. The van der Waals surface area contributed by atoms with Crippen molar-refractivity contribution in [3.05, 3.63) is 70.3 Å². The molecule has 1 N–H and O–H groups in total. The molecule has 7 heteroatoms. The number of rotatable bonds is 9. The molecule has 2 aliphatic rings. The van der Waals surface area contributed by atoms with Crippen molar-refractivity contribution >= 4 is 17.4 Å². The number of carbonyl (C=O) groups is 2. The molecule has 0 bridgehead atoms. The zero-order chi connectivity index (χ0) is 26.5. The van der Waals surface area contributed by atoms with Crippen LogP contribution in [0.3, 0.4) is 0 Å². The first-order valence-corrected chi connectivity index (χ1v) is 13.2. The van der Waals surface area contributed by atoms with Gasteiger partial charge in [-0.15, -0.1) is 0 Å². The minimum Gasteiger partial charge on any atom is -0.507 e. The van der Waals surface area contributed by atoms with E-state index >= 15 is 0 Å². The predicted molar refractivity (Wildman–Crippen MR) is 144 cm³/mol. The highest BCUT2D eigenvalue weighted by Gasteiger charge is 2.45. The minimum absolute atomic E-state index is 0.136. The maximum Gasteiger partial charge on any atom is 0.295 e. The minimum atomic E-state index is -0.645. The zero-order valence-corrected chi connectivity index (χ0v) is 22.3. The number of ketones is 1. The number of carbonyl (C=O) groups excluding carboxylic acids is 2. The van der Waals surface area contributed by atoms with Crippen LogP contribution in [0.4, 0.5) is 0 Å². The van der Waals surface area contributed by atoms with E-state index in [-0.39, 0.29) is 11.3 Å². The van der Waals surface area contributed by atoms with Crippen molar-refractivity contribution in [3.63, 3.8) is 0 Å². The molecule has 0 aromatic heterocycles. The van der Waals surface area contributed by atoms with Crippen LogP contribution in [0.1, 0.15) is 61.4 Å². The summed E-state index contributed by atoms with van der Waals surface area (Å²) in [7, 11) is 0. The van der Waals surface area contributed by atoms with Gasteiger partial charge < -0.3 is 19.5 Å². The molecule has 2 heterocycles. The fourth-order valence-electron chi connectivity index (χ4n) is 5.08. The molecule has 2 fully saturated rings. The lowest BCUT2D eigenvalue weighted by Crippen LogP contribution is -2.38. The van der Waals surface area contributed by atoms with Gasteiger partial charge in [-0.2, -0.15) is 0 Å². The Kier molecular flexibility index (Phi) is 8.67. The summed E-state index contributed by atoms with van der Waals surface area (Å²) in [4.78, 5) is 30.6. The summed E-state index contributed by atoms with van der Waals surface area (Å²) in [6.07, 6.45) is 0.732. The smallest absolute Gasteiger partial charge is 0.295 e. The van der Waals surface area contributed by atoms with E-state index in [9.17, 15) is 14.7 Å². The van der Waals surface area contributed by atoms with Crippen LogP contribution in [-0.2, 0) is 14.3 Å². The number of aryl methyl sites for hydroxylation is 1. The van der Waals surface area contributed by atoms with E-state index in [0.717, 1.165) is 42.9 Å². The van der Waals surface area contributed by atoms with Gasteiger partial charge in [0.2, 0.25) is 0 Å². The largest absolute Gasteiger partial charge is 0.507 e. The number of morpholine rings is 1. The molecule has 2 saturated heterocycles. The fraction of sp³-hybridized carbons (Fsp3) is 0.467. The van der Waals surface area contributed by atoms with Crippen LogP contribution in [0.5, 0.6) is 5.75 Å². The van der Waals surface area contributed by atoms with E-state index in [4.69, 9.17) is 9.47 Å². The molecule has 37 heavy (non-hydrogen) atoms. The first-order chi connectivity index (χ1) is 17.8. The third kappa shape index (κ3) is 5.89. The topological polar surface area (TPSA) is 79.3 Å². The van der Waals surface area contributed by atoms with Gasteiger partial charge in [0.15, 0.2) is 0 Å². The molecule has 0 aliphatic carbocycles. The normalized spacial score (nSPS) is 20.1. The number of aliphatic hydroxyl groups excluding tert-OH is 1. The molecular formula is C30H38N2O5. The molecule has 2 aliphatic heterocycles. The van der Waals surface area contributed by atoms with E-state index in [1.165, 1.54) is 5.56 Å². The highest BCUT2D eigenvalue weighted by atomic mass is 16.5. The summed E-state index contributed by atoms with van der Waals surface area (Å²) < 4.78 is 11.1. The molecule has 198 valence electrons. The lowest BCUT2D eigenvalue weighted by Gasteiger charge is -2.29. The van der Waals surface area contributed by atoms with Crippen LogP contribution in [0, 0.1) is 6.92 Å². The van der Waals surface area contributed by atoms with Gasteiger partial charge in [-0.05, 0) is 61.1 Å². The second-order valence-electron chi connectivity index (χ2n) is 10.0. The fourth-order valence-corrected chi connectivity index (χ4v) is 5.08. The third-order valence-corrected chi connectivity index (χ3v) is 7.18. The van der Waals surface area contributed by atoms with Gasteiger partial charge in [0.1, 0.15) is 11.5 Å². The molecular weight excluding hydrogens is 468 g/mol. The lowest BCUT2D eigenvalue weighted by atomic mass is 9.93. The number of aliphatic hydroxyl groups is 1. The second kappa shape index (κ2) is 11.9. The molecule has 7 nitrogen and oxygen atoms in total. The van der Waals surface area contributed by atoms with Crippen molar-refractivity contribution in [1.82, 2.24) is 9.80 Å². The molecule has 1 amide bonds. The Balaban J connectivity index is 1.69. The average Bonchev–Trinajstić information content (AvgIpc) is 3.15. The van der Waals surface area contributed by atoms with Crippen molar-refractivity contribution < 1.29 is 24.2 Å². The summed E-state index contributed by atoms with van der Waals surface area (Å²) >= 11 is 0. The van der Waals surface area contributed by atoms with Crippen LogP contribution in [0.2, 0.25) is 0 Å². The van der Waals surface area contributed by atoms with Gasteiger partial charge in [0, 0.05) is 31.7 Å². The van der Waals surface area contributed by atoms with Gasteiger partial charge in [-0.1, -0.05) is 38.1 Å². The van der Waals surface area contributed by atoms with Gasteiger partial charge in [0.25, 0.3) is 11.7 Å². The number of hydrogen-bond acceptors (Lipinski definition) is 6. The molecule has 2 aromatic carbocycles. The Morgan fingerprint density at radius 3 is 2.41 bits per heavy atom. The Hall–Kier alpha value is -3.16. The molecule has 0 unspecified atom stereocenters. The Bertz CT molecular complexity index is 1150. The summed E-state index contributed by atoms with van der Waals surface area (Å²) in [5, 5.41) is 11.4. The maximum absolute atomic E-state index is 13.3. The molecule has 2 aromatic rings. The van der Waals surface area contributed by atoms with Gasteiger partial charge in [0.05, 0.1) is 31.4 Å². The number of likely N-dealkylation sites (tertiary alicyclic amines) is 1. The monoisotopic (exact) mass is 506 g/mol. The Morgan fingerprint density at radius 1 is 1.08 bits per heavy atom. The van der Waals surface area contributed by atoms with Crippen LogP contribution in [-0.4, -0.2) is 72.6 Å². The number of hydrogen-bond donors (Lipinski definition) is 1. The molecule has 4 rings (SSSR count). The molecule has 0 spiro atoms. The van der Waals surface area contributed by atoms with Crippen LogP contribution in [0.15, 0.2) is 48.0 Å². The average molecular weight is 507 g/mol. The highest BCUT2D eigenvalue weighted by molar-refractivity contribution is 6.46. The number of Topliss-reactive ketones (excluding diaryl/α,β-unsaturated/α-hetero) is 1. The van der Waals surface area contributed by atoms with Crippen LogP contribution >= 0.6 is 0 Å². The standard InChI is InChI=1S/C30H38N2O5/c1-5-37-25-12-11-24(19-21(25)4)28(33)26-27(23-9-7-22(8-10-23)20(2)3)32(30(35)29(26)34)14-6-13-31-15-17-36-18-16-31/h7-12,19-20,27,33H,5-6,13-18H2,1-4H3/t27-/m0/s1. The van der Waals surface area contributed by atoms with Gasteiger partial charge >= 0.3 is 0 Å². The van der Waals surface area contributed by atoms with E-state index in [0.29, 0.717) is 37.8 Å². The maximum atomic E-state index is 13.3. The summed E-state index contributed by atoms with van der Waals surface area (Å²) in [5.41, 5.74) is 3.48.